The van der Waals surface area contributed by atoms with E-state index in [2.05, 4.69) is 32.2 Å². The van der Waals surface area contributed by atoms with Crippen LogP contribution < -0.4 is 5.32 Å². The van der Waals surface area contributed by atoms with Crippen molar-refractivity contribution in [2.75, 3.05) is 18.4 Å². The average Bonchev–Trinajstić information content (AvgIpc) is 3.54. The molecule has 1 aliphatic rings. The first-order valence-electron chi connectivity index (χ1n) is 11.6. The molecule has 0 aliphatic heterocycles. The molecule has 33 heavy (non-hydrogen) atoms. The number of anilines is 1. The summed E-state index contributed by atoms with van der Waals surface area (Å²) in [7, 11) is 0. The number of carbonyl (C=O) groups excluding carboxylic acids is 2. The van der Waals surface area contributed by atoms with Crippen molar-refractivity contribution in [2.45, 2.75) is 40.5 Å². The highest BCUT2D eigenvalue weighted by atomic mass is 16.2. The second-order valence-corrected chi connectivity index (χ2v) is 9.42. The van der Waals surface area contributed by atoms with Crippen LogP contribution in [0.15, 0.2) is 54.6 Å². The Bertz CT molecular complexity index is 1150. The normalized spacial score (nSPS) is 13.2. The van der Waals surface area contributed by atoms with Crippen LogP contribution in [0.2, 0.25) is 0 Å². The number of hydrogen-bond acceptors (Lipinski definition) is 3. The summed E-state index contributed by atoms with van der Waals surface area (Å²) < 4.78 is 1.78. The number of carbonyl (C=O) groups is 2. The number of hydrogen-bond donors (Lipinski definition) is 1. The molecule has 1 saturated carbocycles. The van der Waals surface area contributed by atoms with E-state index >= 15 is 0 Å². The van der Waals surface area contributed by atoms with Crippen molar-refractivity contribution in [1.29, 1.82) is 0 Å². The highest BCUT2D eigenvalue weighted by Gasteiger charge is 2.34. The Morgan fingerprint density at radius 3 is 2.45 bits per heavy atom. The lowest BCUT2D eigenvalue weighted by Crippen LogP contribution is -2.41. The number of benzene rings is 2. The van der Waals surface area contributed by atoms with Gasteiger partial charge in [0.25, 0.3) is 0 Å². The molecule has 0 atom stereocenters. The minimum atomic E-state index is -0.213. The molecule has 6 heteroatoms. The van der Waals surface area contributed by atoms with Gasteiger partial charge in [-0.15, -0.1) is 0 Å². The second kappa shape index (κ2) is 9.61. The SMILES string of the molecule is Cc1ccc(-n2nc(-c3ccccc3)cc2NC(=O)CN(CC(C)C)C(=O)C2CC2)c(C)c1. The Labute approximate surface area is 195 Å². The Balaban J connectivity index is 1.63. The lowest BCUT2D eigenvalue weighted by atomic mass is 10.1. The highest BCUT2D eigenvalue weighted by Crippen LogP contribution is 2.31. The van der Waals surface area contributed by atoms with Gasteiger partial charge in [-0.2, -0.15) is 5.10 Å². The zero-order chi connectivity index (χ0) is 23.5. The van der Waals surface area contributed by atoms with E-state index in [4.69, 9.17) is 5.10 Å². The van der Waals surface area contributed by atoms with Crippen molar-refractivity contribution >= 4 is 17.6 Å². The van der Waals surface area contributed by atoms with Crippen LogP contribution in [0.25, 0.3) is 16.9 Å². The molecule has 1 aliphatic carbocycles. The van der Waals surface area contributed by atoms with Gasteiger partial charge in [-0.05, 0) is 44.2 Å². The molecular weight excluding hydrogens is 412 g/mol. The molecule has 0 bridgehead atoms. The molecule has 1 fully saturated rings. The molecular formula is C27H32N4O2. The fraction of sp³-hybridized carbons (Fsp3) is 0.370. The second-order valence-electron chi connectivity index (χ2n) is 9.42. The van der Waals surface area contributed by atoms with Crippen LogP contribution in [-0.4, -0.2) is 39.6 Å². The maximum atomic E-state index is 13.1. The molecule has 0 radical (unpaired) electrons. The van der Waals surface area contributed by atoms with Gasteiger partial charge in [0.1, 0.15) is 5.82 Å². The molecule has 1 aromatic heterocycles. The van der Waals surface area contributed by atoms with Crippen molar-refractivity contribution in [3.63, 3.8) is 0 Å². The highest BCUT2D eigenvalue weighted by molar-refractivity contribution is 5.95. The van der Waals surface area contributed by atoms with E-state index in [9.17, 15) is 9.59 Å². The van der Waals surface area contributed by atoms with Crippen molar-refractivity contribution in [3.05, 3.63) is 65.7 Å². The number of rotatable bonds is 8. The average molecular weight is 445 g/mol. The minimum Gasteiger partial charge on any atom is -0.333 e. The molecule has 0 unspecified atom stereocenters. The van der Waals surface area contributed by atoms with Crippen LogP contribution in [-0.2, 0) is 9.59 Å². The van der Waals surface area contributed by atoms with Crippen molar-refractivity contribution in [1.82, 2.24) is 14.7 Å². The summed E-state index contributed by atoms with van der Waals surface area (Å²) >= 11 is 0. The van der Waals surface area contributed by atoms with E-state index in [1.54, 1.807) is 9.58 Å². The first kappa shape index (κ1) is 22.8. The summed E-state index contributed by atoms with van der Waals surface area (Å²) in [5.41, 5.74) is 4.89. The third kappa shape index (κ3) is 5.51. The van der Waals surface area contributed by atoms with Gasteiger partial charge in [-0.25, -0.2) is 4.68 Å². The van der Waals surface area contributed by atoms with Gasteiger partial charge >= 0.3 is 0 Å². The van der Waals surface area contributed by atoms with Crippen molar-refractivity contribution < 1.29 is 9.59 Å². The van der Waals surface area contributed by atoms with Gasteiger partial charge in [0.15, 0.2) is 0 Å². The molecule has 172 valence electrons. The van der Waals surface area contributed by atoms with E-state index < -0.39 is 0 Å². The zero-order valence-electron chi connectivity index (χ0n) is 19.8. The molecule has 0 saturated heterocycles. The van der Waals surface area contributed by atoms with Crippen LogP contribution in [0.1, 0.15) is 37.8 Å². The minimum absolute atomic E-state index is 0.0479. The number of amides is 2. The number of aromatic nitrogens is 2. The van der Waals surface area contributed by atoms with E-state index in [0.717, 1.165) is 35.3 Å². The van der Waals surface area contributed by atoms with E-state index in [1.165, 1.54) is 5.56 Å². The van der Waals surface area contributed by atoms with Gasteiger partial charge in [0.05, 0.1) is 17.9 Å². The third-order valence-corrected chi connectivity index (χ3v) is 5.79. The first-order valence-corrected chi connectivity index (χ1v) is 11.6. The maximum absolute atomic E-state index is 13.1. The third-order valence-electron chi connectivity index (χ3n) is 5.79. The monoisotopic (exact) mass is 444 g/mol. The smallest absolute Gasteiger partial charge is 0.245 e. The van der Waals surface area contributed by atoms with Crippen molar-refractivity contribution in [2.24, 2.45) is 11.8 Å². The number of nitrogens with one attached hydrogen (secondary N) is 1. The van der Waals surface area contributed by atoms with Crippen LogP contribution in [0, 0.1) is 25.7 Å². The van der Waals surface area contributed by atoms with Crippen LogP contribution >= 0.6 is 0 Å². The zero-order valence-corrected chi connectivity index (χ0v) is 19.8. The van der Waals surface area contributed by atoms with Crippen LogP contribution in [0.5, 0.6) is 0 Å². The predicted octanol–water partition coefficient (Wildman–Crippen LogP) is 4.99. The van der Waals surface area contributed by atoms with Gasteiger partial charge in [0.2, 0.25) is 11.8 Å². The summed E-state index contributed by atoms with van der Waals surface area (Å²) in [6.45, 7) is 8.84. The Morgan fingerprint density at radius 1 is 1.09 bits per heavy atom. The molecule has 1 N–H and O–H groups in total. The molecule has 6 nitrogen and oxygen atoms in total. The first-order chi connectivity index (χ1) is 15.8. The fourth-order valence-corrected chi connectivity index (χ4v) is 4.06. The standard InChI is InChI=1S/C27H32N4O2/c1-18(2)16-30(27(33)22-11-12-22)17-26(32)28-25-15-23(21-8-6-5-7-9-21)29-31(25)24-13-10-19(3)14-20(24)4/h5-10,13-15,18,22H,11-12,16-17H2,1-4H3,(H,28,32). The van der Waals surface area contributed by atoms with Crippen molar-refractivity contribution in [3.8, 4) is 16.9 Å². The molecule has 2 amide bonds. The Kier molecular flexibility index (Phi) is 6.63. The summed E-state index contributed by atoms with van der Waals surface area (Å²) in [5.74, 6) is 0.851. The van der Waals surface area contributed by atoms with Crippen LogP contribution in [0.4, 0.5) is 5.82 Å². The maximum Gasteiger partial charge on any atom is 0.245 e. The van der Waals surface area contributed by atoms with E-state index in [1.807, 2.05) is 55.5 Å². The van der Waals surface area contributed by atoms with Crippen LogP contribution in [0.3, 0.4) is 0 Å². The molecule has 3 aromatic rings. The van der Waals surface area contributed by atoms with Gasteiger partial charge in [-0.3, -0.25) is 9.59 Å². The van der Waals surface area contributed by atoms with Gasteiger partial charge < -0.3 is 10.2 Å². The Hall–Kier alpha value is -3.41. The lowest BCUT2D eigenvalue weighted by Gasteiger charge is -2.24. The lowest BCUT2D eigenvalue weighted by molar-refractivity contribution is -0.136. The quantitative estimate of drug-likeness (QED) is 0.532. The fourth-order valence-electron chi connectivity index (χ4n) is 4.06. The van der Waals surface area contributed by atoms with E-state index in [0.29, 0.717) is 18.3 Å². The summed E-state index contributed by atoms with van der Waals surface area (Å²) in [6.07, 6.45) is 1.85. The molecule has 4 rings (SSSR count). The summed E-state index contributed by atoms with van der Waals surface area (Å²) in [6, 6.07) is 17.9. The van der Waals surface area contributed by atoms with Gasteiger partial charge in [0, 0.05) is 24.1 Å². The number of aryl methyl sites for hydroxylation is 2. The predicted molar refractivity (Wildman–Crippen MR) is 131 cm³/mol. The largest absolute Gasteiger partial charge is 0.333 e. The summed E-state index contributed by atoms with van der Waals surface area (Å²) in [5, 5.41) is 7.84. The van der Waals surface area contributed by atoms with Gasteiger partial charge in [-0.1, -0.05) is 61.9 Å². The summed E-state index contributed by atoms with van der Waals surface area (Å²) in [4.78, 5) is 27.5. The molecule has 2 aromatic carbocycles. The molecule has 1 heterocycles. The number of nitrogens with zero attached hydrogens (tertiary/aromatic N) is 3. The van der Waals surface area contributed by atoms with E-state index in [-0.39, 0.29) is 24.3 Å². The Morgan fingerprint density at radius 2 is 1.82 bits per heavy atom. The topological polar surface area (TPSA) is 67.2 Å². The molecule has 0 spiro atoms.